The van der Waals surface area contributed by atoms with Gasteiger partial charge in [-0.2, -0.15) is 5.10 Å². The number of carbonyl (C=O) groups excluding carboxylic acids is 2. The number of benzene rings is 4. The van der Waals surface area contributed by atoms with Crippen LogP contribution in [-0.2, 0) is 20.7 Å². The van der Waals surface area contributed by atoms with Gasteiger partial charge in [0, 0.05) is 18.6 Å². The normalized spacial score (nSPS) is 14.9. The largest absolute Gasteiger partial charge is 0.455 e. The Hall–Kier alpha value is -4.85. The molecule has 37 heavy (non-hydrogen) atoms. The molecule has 184 valence electrons. The van der Waals surface area contributed by atoms with E-state index in [-0.39, 0.29) is 18.2 Å². The molecule has 1 amide bonds. The average Bonchev–Trinajstić information content (AvgIpc) is 3.38. The molecule has 1 aliphatic rings. The Kier molecular flexibility index (Phi) is 6.72. The van der Waals surface area contributed by atoms with Gasteiger partial charge in [0.1, 0.15) is 0 Å². The number of rotatable bonds is 7. The molecule has 0 radical (unpaired) electrons. The molecule has 1 heterocycles. The lowest BCUT2D eigenvalue weighted by Gasteiger charge is -2.21. The van der Waals surface area contributed by atoms with Crippen LogP contribution in [-0.4, -0.2) is 34.1 Å². The van der Waals surface area contributed by atoms with E-state index in [0.717, 1.165) is 27.6 Å². The van der Waals surface area contributed by atoms with Crippen molar-refractivity contribution in [1.82, 2.24) is 5.01 Å². The van der Waals surface area contributed by atoms with Crippen LogP contribution in [0.3, 0.4) is 0 Å². The fourth-order valence-electron chi connectivity index (χ4n) is 4.38. The molecule has 0 fully saturated rings. The van der Waals surface area contributed by atoms with E-state index in [0.29, 0.717) is 12.0 Å². The molecule has 5 rings (SSSR count). The molecule has 0 saturated carbocycles. The maximum absolute atomic E-state index is 13.2. The van der Waals surface area contributed by atoms with E-state index >= 15 is 0 Å². The zero-order valence-corrected chi connectivity index (χ0v) is 19.8. The number of non-ortho nitro benzene ring substituents is 1. The van der Waals surface area contributed by atoms with Crippen molar-refractivity contribution in [3.63, 3.8) is 0 Å². The molecule has 0 bridgehead atoms. The summed E-state index contributed by atoms with van der Waals surface area (Å²) >= 11 is 0. The molecule has 1 atom stereocenters. The van der Waals surface area contributed by atoms with Crippen molar-refractivity contribution >= 4 is 34.0 Å². The molecule has 4 aromatic rings. The highest BCUT2D eigenvalue weighted by atomic mass is 16.6. The lowest BCUT2D eigenvalue weighted by atomic mass is 9.97. The number of nitro benzene ring substituents is 1. The van der Waals surface area contributed by atoms with Gasteiger partial charge in [0.15, 0.2) is 6.61 Å². The average molecular weight is 494 g/mol. The summed E-state index contributed by atoms with van der Waals surface area (Å²) in [4.78, 5) is 35.8. The summed E-state index contributed by atoms with van der Waals surface area (Å²) in [5.41, 5.74) is 3.15. The third-order valence-electron chi connectivity index (χ3n) is 6.29. The number of nitrogens with zero attached hydrogens (tertiary/aromatic N) is 3. The molecule has 0 saturated heterocycles. The molecule has 8 nitrogen and oxygen atoms in total. The van der Waals surface area contributed by atoms with E-state index in [2.05, 4.69) is 11.2 Å². The molecule has 1 unspecified atom stereocenters. The summed E-state index contributed by atoms with van der Waals surface area (Å²) < 4.78 is 5.25. The molecule has 0 N–H and O–H groups in total. The van der Waals surface area contributed by atoms with Gasteiger partial charge < -0.3 is 4.74 Å². The predicted molar refractivity (Wildman–Crippen MR) is 139 cm³/mol. The molecule has 0 aliphatic carbocycles. The highest BCUT2D eigenvalue weighted by Crippen LogP contribution is 2.33. The second-order valence-electron chi connectivity index (χ2n) is 8.74. The molecule has 8 heteroatoms. The van der Waals surface area contributed by atoms with Crippen molar-refractivity contribution in [1.29, 1.82) is 0 Å². The number of nitro groups is 1. The Balaban J connectivity index is 1.31. The van der Waals surface area contributed by atoms with Crippen molar-refractivity contribution in [3.05, 3.63) is 124 Å². The van der Waals surface area contributed by atoms with E-state index in [1.165, 1.54) is 29.3 Å². The Labute approximate surface area is 212 Å². The Morgan fingerprint density at radius 3 is 2.35 bits per heavy atom. The van der Waals surface area contributed by atoms with E-state index in [9.17, 15) is 19.7 Å². The maximum Gasteiger partial charge on any atom is 0.310 e. The monoisotopic (exact) mass is 493 g/mol. The maximum atomic E-state index is 13.2. The Bertz CT molecular complexity index is 1500. The van der Waals surface area contributed by atoms with Gasteiger partial charge in [-0.15, -0.1) is 0 Å². The first-order valence-corrected chi connectivity index (χ1v) is 11.8. The minimum absolute atomic E-state index is 0.0617. The zero-order chi connectivity index (χ0) is 25.8. The number of fused-ring (bicyclic) bond motifs is 1. The standard InChI is InChI=1S/C29H23N3O5/c33-28(19-37-29(34)16-20-10-14-25(15-11-20)32(35)36)31-27(22-7-2-1-3-8-22)18-26(30-31)24-13-12-21-6-4-5-9-23(21)17-24/h1-15,17,27H,16,18-19H2. The lowest BCUT2D eigenvalue weighted by Crippen LogP contribution is -2.31. The van der Waals surface area contributed by atoms with Crippen LogP contribution in [0.5, 0.6) is 0 Å². The van der Waals surface area contributed by atoms with Gasteiger partial charge in [0.05, 0.1) is 23.1 Å². The number of carbonyl (C=O) groups is 2. The van der Waals surface area contributed by atoms with E-state index in [1.807, 2.05) is 66.7 Å². The quantitative estimate of drug-likeness (QED) is 0.200. The molecule has 1 aliphatic heterocycles. The van der Waals surface area contributed by atoms with Crippen LogP contribution in [0.1, 0.15) is 29.2 Å². The van der Waals surface area contributed by atoms with Crippen LogP contribution >= 0.6 is 0 Å². The van der Waals surface area contributed by atoms with Gasteiger partial charge in [-0.1, -0.05) is 78.9 Å². The highest BCUT2D eigenvalue weighted by molar-refractivity contribution is 6.05. The first-order chi connectivity index (χ1) is 18.0. The topological polar surface area (TPSA) is 102 Å². The summed E-state index contributed by atoms with van der Waals surface area (Å²) in [5.74, 6) is -1.03. The molecular formula is C29H23N3O5. The van der Waals surface area contributed by atoms with E-state index in [4.69, 9.17) is 4.74 Å². The third-order valence-corrected chi connectivity index (χ3v) is 6.29. The summed E-state index contributed by atoms with van der Waals surface area (Å²) in [6.07, 6.45) is 0.434. The highest BCUT2D eigenvalue weighted by Gasteiger charge is 2.33. The van der Waals surface area contributed by atoms with Gasteiger partial charge in [-0.05, 0) is 33.5 Å². The smallest absolute Gasteiger partial charge is 0.310 e. The van der Waals surface area contributed by atoms with Gasteiger partial charge in [-0.3, -0.25) is 19.7 Å². The summed E-state index contributed by atoms with van der Waals surface area (Å²) in [6, 6.07) is 29.1. The third kappa shape index (κ3) is 5.38. The van der Waals surface area contributed by atoms with Gasteiger partial charge >= 0.3 is 5.97 Å². The lowest BCUT2D eigenvalue weighted by molar-refractivity contribution is -0.384. The van der Waals surface area contributed by atoms with Gasteiger partial charge in [-0.25, -0.2) is 5.01 Å². The zero-order valence-electron chi connectivity index (χ0n) is 19.8. The molecule has 4 aromatic carbocycles. The second-order valence-corrected chi connectivity index (χ2v) is 8.74. The van der Waals surface area contributed by atoms with Crippen LogP contribution < -0.4 is 0 Å². The van der Waals surface area contributed by atoms with Crippen molar-refractivity contribution in [2.45, 2.75) is 18.9 Å². The summed E-state index contributed by atoms with van der Waals surface area (Å²) in [7, 11) is 0. The minimum Gasteiger partial charge on any atom is -0.455 e. The number of hydrogen-bond donors (Lipinski definition) is 0. The minimum atomic E-state index is -0.601. The molecular weight excluding hydrogens is 470 g/mol. The SMILES string of the molecule is O=C(Cc1ccc([N+](=O)[O-])cc1)OCC(=O)N1N=C(c2ccc3ccccc3c2)CC1c1ccccc1. The fourth-order valence-corrected chi connectivity index (χ4v) is 4.38. The van der Waals surface area contributed by atoms with E-state index in [1.54, 1.807) is 0 Å². The Morgan fingerprint density at radius 1 is 0.919 bits per heavy atom. The van der Waals surface area contributed by atoms with E-state index < -0.39 is 23.4 Å². The van der Waals surface area contributed by atoms with Crippen LogP contribution in [0.4, 0.5) is 5.69 Å². The van der Waals surface area contributed by atoms with Crippen LogP contribution in [0, 0.1) is 10.1 Å². The van der Waals surface area contributed by atoms with Crippen LogP contribution in [0.15, 0.2) is 102 Å². The first-order valence-electron chi connectivity index (χ1n) is 11.8. The van der Waals surface area contributed by atoms with Crippen molar-refractivity contribution in [2.75, 3.05) is 6.61 Å². The number of amides is 1. The Morgan fingerprint density at radius 2 is 1.62 bits per heavy atom. The first kappa shape index (κ1) is 23.9. The fraction of sp³-hybridized carbons (Fsp3) is 0.138. The van der Waals surface area contributed by atoms with Crippen molar-refractivity contribution in [2.24, 2.45) is 5.10 Å². The van der Waals surface area contributed by atoms with Gasteiger partial charge in [0.2, 0.25) is 0 Å². The van der Waals surface area contributed by atoms with Crippen molar-refractivity contribution in [3.8, 4) is 0 Å². The van der Waals surface area contributed by atoms with Crippen LogP contribution in [0.25, 0.3) is 10.8 Å². The molecule has 0 aromatic heterocycles. The number of ether oxygens (including phenoxy) is 1. The van der Waals surface area contributed by atoms with Crippen molar-refractivity contribution < 1.29 is 19.2 Å². The summed E-state index contributed by atoms with van der Waals surface area (Å²) in [5, 5.41) is 19.1. The molecule has 0 spiro atoms. The number of hydrogen-bond acceptors (Lipinski definition) is 6. The number of esters is 1. The summed E-state index contributed by atoms with van der Waals surface area (Å²) in [6.45, 7) is -0.455. The van der Waals surface area contributed by atoms with Gasteiger partial charge in [0.25, 0.3) is 11.6 Å². The predicted octanol–water partition coefficient (Wildman–Crippen LogP) is 5.21. The second kappa shape index (κ2) is 10.4. The number of hydrazone groups is 1. The van der Waals surface area contributed by atoms with Crippen LogP contribution in [0.2, 0.25) is 0 Å².